The lowest BCUT2D eigenvalue weighted by Gasteiger charge is -2.14. The molecule has 3 nitrogen and oxygen atoms in total. The zero-order valence-corrected chi connectivity index (χ0v) is 11.6. The number of halogens is 1. The van der Waals surface area contributed by atoms with Crippen molar-refractivity contribution in [3.8, 4) is 0 Å². The van der Waals surface area contributed by atoms with E-state index in [1.807, 2.05) is 6.92 Å². The number of aliphatic hydroxyl groups excluding tert-OH is 1. The molecule has 17 heavy (non-hydrogen) atoms. The van der Waals surface area contributed by atoms with Gasteiger partial charge in [-0.3, -0.25) is 4.21 Å². The molecule has 1 rings (SSSR count). The van der Waals surface area contributed by atoms with Crippen molar-refractivity contribution >= 4 is 22.4 Å². The normalized spacial score (nSPS) is 16.5. The summed E-state index contributed by atoms with van der Waals surface area (Å²) >= 11 is 5.77. The summed E-state index contributed by atoms with van der Waals surface area (Å²) in [6.45, 7) is 2.99. The van der Waals surface area contributed by atoms with Gasteiger partial charge in [0.15, 0.2) is 0 Å². The number of nitrogens with one attached hydrogen (secondary N) is 1. The van der Waals surface area contributed by atoms with Gasteiger partial charge >= 0.3 is 0 Å². The van der Waals surface area contributed by atoms with Crippen molar-refractivity contribution in [2.24, 2.45) is 0 Å². The van der Waals surface area contributed by atoms with Crippen molar-refractivity contribution in [2.75, 3.05) is 19.3 Å². The van der Waals surface area contributed by atoms with Crippen LogP contribution in [0.3, 0.4) is 0 Å². The first-order valence-electron chi connectivity index (χ1n) is 5.47. The highest BCUT2D eigenvalue weighted by molar-refractivity contribution is 7.84. The third-order valence-electron chi connectivity index (χ3n) is 2.59. The van der Waals surface area contributed by atoms with E-state index in [2.05, 4.69) is 5.32 Å². The molecule has 0 saturated carbocycles. The monoisotopic (exact) mass is 275 g/mol. The van der Waals surface area contributed by atoms with Gasteiger partial charge in [-0.05, 0) is 24.6 Å². The minimum Gasteiger partial charge on any atom is -0.387 e. The number of rotatable bonds is 6. The highest BCUT2D eigenvalue weighted by Crippen LogP contribution is 2.15. The Balaban J connectivity index is 2.37. The summed E-state index contributed by atoms with van der Waals surface area (Å²) in [5.74, 6) is 0. The Labute approximate surface area is 110 Å². The van der Waals surface area contributed by atoms with Crippen LogP contribution in [0.1, 0.15) is 18.6 Å². The number of hydrogen-bond donors (Lipinski definition) is 2. The van der Waals surface area contributed by atoms with Gasteiger partial charge in [0.1, 0.15) is 0 Å². The van der Waals surface area contributed by atoms with Crippen LogP contribution in [0.5, 0.6) is 0 Å². The molecule has 0 radical (unpaired) electrons. The second-order valence-corrected chi connectivity index (χ2v) is 6.27. The minimum absolute atomic E-state index is 0.0902. The molecule has 3 unspecified atom stereocenters. The first-order valence-corrected chi connectivity index (χ1v) is 7.47. The standard InChI is InChI=1S/C12H18ClNO2S/c1-9(17(2)16)7-14-8-12(15)10-3-5-11(13)6-4-10/h3-6,9,12,14-15H,7-8H2,1-2H3. The summed E-state index contributed by atoms with van der Waals surface area (Å²) in [7, 11) is -0.834. The Hall–Kier alpha value is -0.420. The second kappa shape index (κ2) is 7.11. The van der Waals surface area contributed by atoms with E-state index in [0.29, 0.717) is 18.1 Å². The Morgan fingerprint density at radius 2 is 1.94 bits per heavy atom. The van der Waals surface area contributed by atoms with Crippen LogP contribution in [0.4, 0.5) is 0 Å². The molecule has 0 aliphatic rings. The van der Waals surface area contributed by atoms with E-state index in [0.717, 1.165) is 5.56 Å². The van der Waals surface area contributed by atoms with Crippen LogP contribution in [-0.2, 0) is 10.8 Å². The molecular formula is C12H18ClNO2S. The Bertz CT molecular complexity index is 369. The van der Waals surface area contributed by atoms with E-state index in [9.17, 15) is 9.32 Å². The van der Waals surface area contributed by atoms with Crippen molar-refractivity contribution < 1.29 is 9.32 Å². The number of benzene rings is 1. The van der Waals surface area contributed by atoms with E-state index < -0.39 is 16.9 Å². The van der Waals surface area contributed by atoms with Gasteiger partial charge in [-0.2, -0.15) is 0 Å². The Morgan fingerprint density at radius 3 is 2.47 bits per heavy atom. The van der Waals surface area contributed by atoms with Gasteiger partial charge in [0.05, 0.1) is 6.10 Å². The van der Waals surface area contributed by atoms with Gasteiger partial charge in [-0.25, -0.2) is 0 Å². The summed E-state index contributed by atoms with van der Waals surface area (Å²) in [6, 6.07) is 7.11. The lowest BCUT2D eigenvalue weighted by atomic mass is 10.1. The van der Waals surface area contributed by atoms with Crippen LogP contribution in [0, 0.1) is 0 Å². The minimum atomic E-state index is -0.834. The predicted octanol–water partition coefficient (Wildman–Crippen LogP) is 1.73. The highest BCUT2D eigenvalue weighted by atomic mass is 35.5. The van der Waals surface area contributed by atoms with Crippen molar-refractivity contribution in [1.82, 2.24) is 5.32 Å². The fourth-order valence-electron chi connectivity index (χ4n) is 1.34. The topological polar surface area (TPSA) is 49.3 Å². The van der Waals surface area contributed by atoms with Crippen LogP contribution in [0.15, 0.2) is 24.3 Å². The van der Waals surface area contributed by atoms with Gasteiger partial charge in [0.25, 0.3) is 0 Å². The third-order valence-corrected chi connectivity index (χ3v) is 4.14. The van der Waals surface area contributed by atoms with Gasteiger partial charge in [-0.1, -0.05) is 23.7 Å². The van der Waals surface area contributed by atoms with Crippen LogP contribution in [0.25, 0.3) is 0 Å². The lowest BCUT2D eigenvalue weighted by molar-refractivity contribution is 0.175. The van der Waals surface area contributed by atoms with Crippen molar-refractivity contribution in [3.63, 3.8) is 0 Å². The van der Waals surface area contributed by atoms with Crippen molar-refractivity contribution in [2.45, 2.75) is 18.3 Å². The van der Waals surface area contributed by atoms with Gasteiger partial charge in [0.2, 0.25) is 0 Å². The zero-order valence-electron chi connectivity index (χ0n) is 10.0. The molecule has 0 aromatic heterocycles. The van der Waals surface area contributed by atoms with Crippen LogP contribution >= 0.6 is 11.6 Å². The average molecular weight is 276 g/mol. The largest absolute Gasteiger partial charge is 0.387 e. The summed E-state index contributed by atoms with van der Waals surface area (Å²) in [5, 5.41) is 13.7. The molecule has 0 heterocycles. The van der Waals surface area contributed by atoms with E-state index in [1.54, 1.807) is 30.5 Å². The highest BCUT2D eigenvalue weighted by Gasteiger charge is 2.09. The first kappa shape index (κ1) is 14.6. The Kier molecular flexibility index (Phi) is 6.12. The molecule has 3 atom stereocenters. The molecule has 1 aromatic carbocycles. The maximum atomic E-state index is 11.1. The summed E-state index contributed by atoms with van der Waals surface area (Å²) in [6.07, 6.45) is 1.12. The van der Waals surface area contributed by atoms with Crippen LogP contribution < -0.4 is 5.32 Å². The molecule has 0 bridgehead atoms. The number of hydrogen-bond acceptors (Lipinski definition) is 3. The fourth-order valence-corrected chi connectivity index (χ4v) is 1.82. The summed E-state index contributed by atoms with van der Waals surface area (Å²) < 4.78 is 11.1. The SMILES string of the molecule is CC(CNCC(O)c1ccc(Cl)cc1)S(C)=O. The first-order chi connectivity index (χ1) is 8.00. The fraction of sp³-hybridized carbons (Fsp3) is 0.500. The van der Waals surface area contributed by atoms with Crippen LogP contribution in [0.2, 0.25) is 5.02 Å². The third kappa shape index (κ3) is 5.17. The van der Waals surface area contributed by atoms with Gasteiger partial charge in [0, 0.05) is 40.4 Å². The summed E-state index contributed by atoms with van der Waals surface area (Å²) in [4.78, 5) is 0. The van der Waals surface area contributed by atoms with Crippen LogP contribution in [-0.4, -0.2) is 33.9 Å². The molecule has 0 saturated heterocycles. The molecule has 96 valence electrons. The van der Waals surface area contributed by atoms with E-state index in [1.165, 1.54) is 0 Å². The van der Waals surface area contributed by atoms with E-state index in [-0.39, 0.29) is 5.25 Å². The average Bonchev–Trinajstić information content (AvgIpc) is 2.29. The molecule has 0 aliphatic carbocycles. The van der Waals surface area contributed by atoms with Crippen molar-refractivity contribution in [3.05, 3.63) is 34.9 Å². The molecule has 1 aromatic rings. The molecule has 2 N–H and O–H groups in total. The number of aliphatic hydroxyl groups is 1. The predicted molar refractivity (Wildman–Crippen MR) is 72.8 cm³/mol. The molecule has 0 aliphatic heterocycles. The van der Waals surface area contributed by atoms with E-state index >= 15 is 0 Å². The maximum absolute atomic E-state index is 11.1. The lowest BCUT2D eigenvalue weighted by Crippen LogP contribution is -2.30. The maximum Gasteiger partial charge on any atom is 0.0914 e. The van der Waals surface area contributed by atoms with E-state index in [4.69, 9.17) is 11.6 Å². The molecule has 0 fully saturated rings. The summed E-state index contributed by atoms with van der Waals surface area (Å²) in [5.41, 5.74) is 0.826. The molecule has 0 spiro atoms. The van der Waals surface area contributed by atoms with Gasteiger partial charge < -0.3 is 10.4 Å². The van der Waals surface area contributed by atoms with Crippen molar-refractivity contribution in [1.29, 1.82) is 0 Å². The Morgan fingerprint density at radius 1 is 1.35 bits per heavy atom. The molecule has 0 amide bonds. The molecule has 5 heteroatoms. The van der Waals surface area contributed by atoms with Gasteiger partial charge in [-0.15, -0.1) is 0 Å². The smallest absolute Gasteiger partial charge is 0.0914 e. The zero-order chi connectivity index (χ0) is 12.8. The second-order valence-electron chi connectivity index (χ2n) is 4.03. The quantitative estimate of drug-likeness (QED) is 0.831. The molecular weight excluding hydrogens is 258 g/mol.